The van der Waals surface area contributed by atoms with Crippen LogP contribution in [0.25, 0.3) is 0 Å². The summed E-state index contributed by atoms with van der Waals surface area (Å²) in [4.78, 5) is 0.220. The number of aliphatic hydroxyl groups excluding tert-OH is 1. The molecule has 1 aromatic heterocycles. The Morgan fingerprint density at radius 1 is 1.33 bits per heavy atom. The number of aliphatic hydroxyl groups is 1. The molecule has 112 valence electrons. The first-order valence-electron chi connectivity index (χ1n) is 6.83. The number of anilines is 1. The number of aryl methyl sites for hydroxylation is 1. The van der Waals surface area contributed by atoms with Crippen LogP contribution in [0.1, 0.15) is 18.2 Å². The minimum absolute atomic E-state index is 0.106. The topological polar surface area (TPSA) is 62.5 Å². The zero-order valence-electron chi connectivity index (χ0n) is 12.0. The predicted molar refractivity (Wildman–Crippen MR) is 80.6 cm³/mol. The van der Waals surface area contributed by atoms with Gasteiger partial charge in [-0.25, -0.2) is 8.42 Å². The van der Waals surface area contributed by atoms with Gasteiger partial charge in [0, 0.05) is 25.0 Å². The van der Waals surface area contributed by atoms with Gasteiger partial charge in [-0.15, -0.1) is 0 Å². The van der Waals surface area contributed by atoms with Crippen molar-refractivity contribution in [2.75, 3.05) is 4.31 Å². The lowest BCUT2D eigenvalue weighted by molar-refractivity contribution is 0.272. The molecule has 0 bridgehead atoms. The lowest BCUT2D eigenvalue weighted by Gasteiger charge is -2.23. The Morgan fingerprint density at radius 2 is 2.05 bits per heavy atom. The van der Waals surface area contributed by atoms with E-state index in [1.54, 1.807) is 17.8 Å². The number of nitrogens with zero attached hydrogens (tertiary/aromatic N) is 2. The van der Waals surface area contributed by atoms with Crippen molar-refractivity contribution in [2.45, 2.75) is 30.9 Å². The number of hydrogen-bond acceptors (Lipinski definition) is 3. The number of sulfonamides is 1. The fourth-order valence-electron chi connectivity index (χ4n) is 2.89. The Balaban J connectivity index is 2.10. The van der Waals surface area contributed by atoms with Crippen LogP contribution in [0.5, 0.6) is 0 Å². The van der Waals surface area contributed by atoms with Gasteiger partial charge < -0.3 is 9.67 Å². The molecule has 5 nitrogen and oxygen atoms in total. The van der Waals surface area contributed by atoms with Crippen LogP contribution in [0.4, 0.5) is 5.69 Å². The third kappa shape index (κ3) is 2.15. The van der Waals surface area contributed by atoms with Crippen molar-refractivity contribution in [1.29, 1.82) is 0 Å². The van der Waals surface area contributed by atoms with Crippen LogP contribution in [-0.4, -0.2) is 24.1 Å². The number of fused-ring (bicyclic) bond motifs is 1. The van der Waals surface area contributed by atoms with Crippen LogP contribution in [0.15, 0.2) is 41.4 Å². The van der Waals surface area contributed by atoms with E-state index >= 15 is 0 Å². The molecule has 1 aliphatic heterocycles. The SMILES string of the molecule is CC1Cc2ccccc2N1S(=O)(=O)c1cc(CO)n(C)c1. The number of aromatic nitrogens is 1. The van der Waals surface area contributed by atoms with Crippen LogP contribution in [0, 0.1) is 0 Å². The van der Waals surface area contributed by atoms with Gasteiger partial charge in [-0.3, -0.25) is 4.31 Å². The summed E-state index contributed by atoms with van der Waals surface area (Å²) >= 11 is 0. The Morgan fingerprint density at radius 3 is 2.71 bits per heavy atom. The van der Waals surface area contributed by atoms with Gasteiger partial charge in [0.1, 0.15) is 4.90 Å². The van der Waals surface area contributed by atoms with Crippen molar-refractivity contribution in [3.8, 4) is 0 Å². The minimum Gasteiger partial charge on any atom is -0.390 e. The van der Waals surface area contributed by atoms with Gasteiger partial charge in [0.05, 0.1) is 12.3 Å². The van der Waals surface area contributed by atoms with Crippen molar-refractivity contribution < 1.29 is 13.5 Å². The highest BCUT2D eigenvalue weighted by Gasteiger charge is 2.36. The van der Waals surface area contributed by atoms with Crippen LogP contribution in [0.3, 0.4) is 0 Å². The monoisotopic (exact) mass is 306 g/mol. The molecular formula is C15H18N2O3S. The summed E-state index contributed by atoms with van der Waals surface area (Å²) in [6, 6.07) is 9.00. The highest BCUT2D eigenvalue weighted by atomic mass is 32.2. The smallest absolute Gasteiger partial charge is 0.266 e. The van der Waals surface area contributed by atoms with E-state index < -0.39 is 10.0 Å². The van der Waals surface area contributed by atoms with Crippen molar-refractivity contribution in [3.05, 3.63) is 47.8 Å². The number of para-hydroxylation sites is 1. The van der Waals surface area contributed by atoms with Crippen LogP contribution >= 0.6 is 0 Å². The van der Waals surface area contributed by atoms with E-state index in [2.05, 4.69) is 0 Å². The first kappa shape index (κ1) is 14.2. The van der Waals surface area contributed by atoms with E-state index in [4.69, 9.17) is 0 Å². The lowest BCUT2D eigenvalue weighted by Crippen LogP contribution is -2.35. The zero-order chi connectivity index (χ0) is 15.2. The van der Waals surface area contributed by atoms with Crippen molar-refractivity contribution in [3.63, 3.8) is 0 Å². The number of benzene rings is 1. The first-order chi connectivity index (χ1) is 9.95. The van der Waals surface area contributed by atoms with Crippen LogP contribution < -0.4 is 4.31 Å². The van der Waals surface area contributed by atoms with E-state index in [9.17, 15) is 13.5 Å². The molecule has 0 amide bonds. The summed E-state index contributed by atoms with van der Waals surface area (Å²) in [5, 5.41) is 9.24. The molecule has 3 rings (SSSR count). The Bertz CT molecular complexity index is 780. The summed E-state index contributed by atoms with van der Waals surface area (Å²) in [5.41, 5.74) is 2.37. The van der Waals surface area contributed by atoms with Gasteiger partial charge in [-0.1, -0.05) is 18.2 Å². The summed E-state index contributed by atoms with van der Waals surface area (Å²) in [6.45, 7) is 1.73. The minimum atomic E-state index is -3.61. The van der Waals surface area contributed by atoms with E-state index in [1.807, 2.05) is 31.2 Å². The molecule has 0 saturated carbocycles. The Kier molecular flexibility index (Phi) is 3.30. The molecule has 0 spiro atoms. The Labute approximate surface area is 124 Å². The lowest BCUT2D eigenvalue weighted by atomic mass is 10.1. The van der Waals surface area contributed by atoms with Crippen LogP contribution in [-0.2, 0) is 30.1 Å². The van der Waals surface area contributed by atoms with Gasteiger partial charge in [0.25, 0.3) is 10.0 Å². The molecule has 1 N–H and O–H groups in total. The van der Waals surface area contributed by atoms with Crippen molar-refractivity contribution in [1.82, 2.24) is 4.57 Å². The molecule has 0 radical (unpaired) electrons. The fraction of sp³-hybridized carbons (Fsp3) is 0.333. The third-order valence-electron chi connectivity index (χ3n) is 3.95. The average molecular weight is 306 g/mol. The largest absolute Gasteiger partial charge is 0.390 e. The first-order valence-corrected chi connectivity index (χ1v) is 8.27. The summed E-state index contributed by atoms with van der Waals surface area (Å²) in [5.74, 6) is 0. The van der Waals surface area contributed by atoms with E-state index in [1.165, 1.54) is 10.4 Å². The van der Waals surface area contributed by atoms with E-state index in [-0.39, 0.29) is 17.5 Å². The molecule has 0 aliphatic carbocycles. The summed E-state index contributed by atoms with van der Waals surface area (Å²) in [6.07, 6.45) is 2.27. The predicted octanol–water partition coefficient (Wildman–Crippen LogP) is 1.66. The second-order valence-electron chi connectivity index (χ2n) is 5.42. The van der Waals surface area contributed by atoms with Gasteiger partial charge in [-0.2, -0.15) is 0 Å². The van der Waals surface area contributed by atoms with Crippen LogP contribution in [0.2, 0.25) is 0 Å². The molecule has 0 fully saturated rings. The highest BCUT2D eigenvalue weighted by Crippen LogP contribution is 2.36. The molecule has 0 saturated heterocycles. The molecule has 2 aromatic rings. The second kappa shape index (κ2) is 4.89. The molecule has 2 heterocycles. The maximum Gasteiger partial charge on any atom is 0.266 e. The van der Waals surface area contributed by atoms with Crippen molar-refractivity contribution >= 4 is 15.7 Å². The molecule has 1 atom stereocenters. The number of hydrogen-bond donors (Lipinski definition) is 1. The molecule has 21 heavy (non-hydrogen) atoms. The highest BCUT2D eigenvalue weighted by molar-refractivity contribution is 7.92. The second-order valence-corrected chi connectivity index (χ2v) is 7.23. The third-order valence-corrected chi connectivity index (χ3v) is 5.84. The average Bonchev–Trinajstić information content (AvgIpc) is 2.98. The quantitative estimate of drug-likeness (QED) is 0.938. The maximum absolute atomic E-state index is 12.9. The molecule has 6 heteroatoms. The normalized spacial score (nSPS) is 18.0. The van der Waals surface area contributed by atoms with Gasteiger partial charge in [-0.05, 0) is 31.0 Å². The fourth-order valence-corrected chi connectivity index (χ4v) is 4.68. The van der Waals surface area contributed by atoms with Crippen molar-refractivity contribution in [2.24, 2.45) is 7.05 Å². The van der Waals surface area contributed by atoms with Gasteiger partial charge >= 0.3 is 0 Å². The van der Waals surface area contributed by atoms with E-state index in [0.29, 0.717) is 5.69 Å². The maximum atomic E-state index is 12.9. The van der Waals surface area contributed by atoms with E-state index in [0.717, 1.165) is 17.7 Å². The molecular weight excluding hydrogens is 288 g/mol. The standard InChI is InChI=1S/C15H18N2O3S/c1-11-7-12-5-3-4-6-15(12)17(11)21(19,20)14-8-13(10-18)16(2)9-14/h3-6,8-9,11,18H,7,10H2,1-2H3. The number of rotatable bonds is 3. The summed E-state index contributed by atoms with van der Waals surface area (Å²) < 4.78 is 29.0. The zero-order valence-corrected chi connectivity index (χ0v) is 12.8. The Hall–Kier alpha value is -1.79. The summed E-state index contributed by atoms with van der Waals surface area (Å²) in [7, 11) is -1.88. The molecule has 1 aromatic carbocycles. The van der Waals surface area contributed by atoms with Gasteiger partial charge in [0.2, 0.25) is 0 Å². The molecule has 1 unspecified atom stereocenters. The van der Waals surface area contributed by atoms with Gasteiger partial charge in [0.15, 0.2) is 0 Å². The molecule has 1 aliphatic rings.